The molecule has 0 aromatic carbocycles. The van der Waals surface area contributed by atoms with E-state index in [0.29, 0.717) is 4.74 Å². The normalized spacial score (nSPS) is 20.4. The second-order valence-electron chi connectivity index (χ2n) is 3.86. The smallest absolute Gasteiger partial charge is 0.277 e. The molecule has 0 unspecified atom stereocenters. The van der Waals surface area contributed by atoms with Gasteiger partial charge < -0.3 is 15.4 Å². The average Bonchev–Trinajstić information content (AvgIpc) is 2.25. The molecule has 0 radical (unpaired) electrons. The van der Waals surface area contributed by atoms with Gasteiger partial charge in [-0.3, -0.25) is 11.5 Å². The number of nitrogens with two attached hydrogens (primary N) is 2. The van der Waals surface area contributed by atoms with Gasteiger partial charge in [0.2, 0.25) is 6.29 Å². The lowest BCUT2D eigenvalue weighted by Crippen LogP contribution is -2.54. The summed E-state index contributed by atoms with van der Waals surface area (Å²) in [5.41, 5.74) is 11.2. The minimum Gasteiger partial charge on any atom is -0.713 e. The van der Waals surface area contributed by atoms with E-state index in [1.165, 1.54) is 0 Å². The molecule has 0 amide bonds. The fraction of sp³-hybridized carbons (Fsp3) is 0.700. The first-order chi connectivity index (χ1) is 7.60. The maximum Gasteiger partial charge on any atom is 0.277 e. The molecule has 1 heterocycles. The molecule has 0 aliphatic carbocycles. The van der Waals surface area contributed by atoms with Crippen molar-refractivity contribution >= 4 is 5.84 Å². The highest BCUT2D eigenvalue weighted by molar-refractivity contribution is 5.88. The van der Waals surface area contributed by atoms with E-state index in [-0.39, 0.29) is 5.84 Å². The molecule has 1 rings (SSSR count). The third-order valence-corrected chi connectivity index (χ3v) is 2.42. The molecule has 5 N–H and O–H groups in total. The zero-order valence-electron chi connectivity index (χ0n) is 9.94. The molecule has 6 nitrogen and oxygen atoms in total. The van der Waals surface area contributed by atoms with E-state index in [2.05, 4.69) is 24.1 Å². The van der Waals surface area contributed by atoms with Gasteiger partial charge in [-0.2, -0.15) is 0 Å². The second-order valence-corrected chi connectivity index (χ2v) is 3.86. The molecular weight excluding hydrogens is 206 g/mol. The summed E-state index contributed by atoms with van der Waals surface area (Å²) in [5, 5.41) is 14.3. The van der Waals surface area contributed by atoms with Crippen LogP contribution in [0.4, 0.5) is 0 Å². The Labute approximate surface area is 96.2 Å². The Morgan fingerprint density at radius 2 is 2.00 bits per heavy atom. The number of nitrogens with one attached hydrogen (secondary N) is 1. The molecule has 0 fully saturated rings. The zero-order chi connectivity index (χ0) is 12.1. The van der Waals surface area contributed by atoms with Gasteiger partial charge in [0.25, 0.3) is 5.84 Å². The predicted molar refractivity (Wildman–Crippen MR) is 64.2 cm³/mol. The number of hydroxylamine groups is 1. The van der Waals surface area contributed by atoms with Crippen molar-refractivity contribution in [3.05, 3.63) is 17.1 Å². The van der Waals surface area contributed by atoms with Crippen molar-refractivity contribution in [3.8, 4) is 0 Å². The van der Waals surface area contributed by atoms with Crippen LogP contribution in [0.2, 0.25) is 0 Å². The van der Waals surface area contributed by atoms with Crippen LogP contribution in [-0.2, 0) is 0 Å². The van der Waals surface area contributed by atoms with Crippen molar-refractivity contribution in [2.45, 2.75) is 33.0 Å². The monoisotopic (exact) mass is 227 g/mol. The fourth-order valence-electron chi connectivity index (χ4n) is 1.69. The zero-order valence-corrected chi connectivity index (χ0v) is 9.94. The highest BCUT2D eigenvalue weighted by Gasteiger charge is 2.20. The molecule has 1 aliphatic heterocycles. The van der Waals surface area contributed by atoms with Crippen LogP contribution >= 0.6 is 0 Å². The molecule has 0 saturated heterocycles. The van der Waals surface area contributed by atoms with E-state index in [4.69, 9.17) is 11.5 Å². The van der Waals surface area contributed by atoms with Crippen LogP contribution in [0.15, 0.2) is 11.9 Å². The summed E-state index contributed by atoms with van der Waals surface area (Å²) in [6, 6.07) is 0. The summed E-state index contributed by atoms with van der Waals surface area (Å²) in [6.45, 7) is 6.06. The highest BCUT2D eigenvalue weighted by Crippen LogP contribution is 2.07. The van der Waals surface area contributed by atoms with Crippen LogP contribution in [-0.4, -0.2) is 34.9 Å². The number of amidine groups is 1. The standard InChI is InChI=1S/C10H21N5O/c1-3-5-14(6-4-2)9-7-8(11)15(16)10(12)13-9/h7,10,13H,3-6,11-12H2,1-2H3/t10-/m0/s1. The average molecular weight is 227 g/mol. The largest absolute Gasteiger partial charge is 0.713 e. The van der Waals surface area contributed by atoms with Crippen LogP contribution in [0.5, 0.6) is 0 Å². The summed E-state index contributed by atoms with van der Waals surface area (Å²) >= 11 is 0. The summed E-state index contributed by atoms with van der Waals surface area (Å²) < 4.78 is 0.569. The first kappa shape index (κ1) is 12.6. The Balaban J connectivity index is 2.82. The maximum absolute atomic E-state index is 11.3. The number of rotatable bonds is 5. The molecule has 0 bridgehead atoms. The van der Waals surface area contributed by atoms with Crippen molar-refractivity contribution in [1.29, 1.82) is 0 Å². The lowest BCUT2D eigenvalue weighted by molar-refractivity contribution is -0.508. The molecule has 0 saturated carbocycles. The minimum atomic E-state index is -0.795. The van der Waals surface area contributed by atoms with Gasteiger partial charge >= 0.3 is 0 Å². The molecule has 1 aliphatic rings. The third-order valence-electron chi connectivity index (χ3n) is 2.42. The Morgan fingerprint density at radius 1 is 1.44 bits per heavy atom. The molecular formula is C10H21N5O. The van der Waals surface area contributed by atoms with Crippen molar-refractivity contribution < 1.29 is 4.74 Å². The second kappa shape index (κ2) is 5.60. The molecule has 0 aromatic rings. The predicted octanol–water partition coefficient (Wildman–Crippen LogP) is -0.337. The lowest BCUT2D eigenvalue weighted by atomic mass is 10.3. The number of hydrogen-bond acceptors (Lipinski definition) is 5. The van der Waals surface area contributed by atoms with Gasteiger partial charge in [0.05, 0.1) is 6.08 Å². The summed E-state index contributed by atoms with van der Waals surface area (Å²) in [7, 11) is 0. The SMILES string of the molecule is CCCN(CCC)C1=CC(N)=[N+]([O-])[C@@H](N)N1. The first-order valence-electron chi connectivity index (χ1n) is 5.67. The Kier molecular flexibility index (Phi) is 4.42. The van der Waals surface area contributed by atoms with Crippen LogP contribution in [0.3, 0.4) is 0 Å². The fourth-order valence-corrected chi connectivity index (χ4v) is 1.69. The first-order valence-corrected chi connectivity index (χ1v) is 5.67. The molecule has 0 aromatic heterocycles. The van der Waals surface area contributed by atoms with E-state index in [0.717, 1.165) is 31.8 Å². The third kappa shape index (κ3) is 2.79. The van der Waals surface area contributed by atoms with Gasteiger partial charge in [0, 0.05) is 13.1 Å². The van der Waals surface area contributed by atoms with Gasteiger partial charge in [-0.05, 0) is 12.8 Å². The van der Waals surface area contributed by atoms with Crippen LogP contribution < -0.4 is 16.8 Å². The maximum atomic E-state index is 11.3. The van der Waals surface area contributed by atoms with Crippen molar-refractivity contribution in [1.82, 2.24) is 10.2 Å². The molecule has 92 valence electrons. The summed E-state index contributed by atoms with van der Waals surface area (Å²) in [5.74, 6) is 0.985. The molecule has 1 atom stereocenters. The van der Waals surface area contributed by atoms with Crippen molar-refractivity contribution in [3.63, 3.8) is 0 Å². The van der Waals surface area contributed by atoms with Crippen LogP contribution in [0.25, 0.3) is 0 Å². The van der Waals surface area contributed by atoms with Crippen LogP contribution in [0.1, 0.15) is 26.7 Å². The summed E-state index contributed by atoms with van der Waals surface area (Å²) in [4.78, 5) is 2.15. The van der Waals surface area contributed by atoms with E-state index >= 15 is 0 Å². The quantitative estimate of drug-likeness (QED) is 0.441. The van der Waals surface area contributed by atoms with Crippen molar-refractivity contribution in [2.75, 3.05) is 13.1 Å². The van der Waals surface area contributed by atoms with Gasteiger partial charge in [-0.25, -0.2) is 4.74 Å². The van der Waals surface area contributed by atoms with E-state index in [1.54, 1.807) is 6.08 Å². The Hall–Kier alpha value is -1.43. The van der Waals surface area contributed by atoms with Gasteiger partial charge in [0.15, 0.2) is 0 Å². The topological polar surface area (TPSA) is 93.4 Å². The number of hydrogen-bond donors (Lipinski definition) is 3. The van der Waals surface area contributed by atoms with E-state index in [1.807, 2.05) is 0 Å². The molecule has 16 heavy (non-hydrogen) atoms. The van der Waals surface area contributed by atoms with Gasteiger partial charge in [0.1, 0.15) is 5.82 Å². The van der Waals surface area contributed by atoms with Gasteiger partial charge in [-0.1, -0.05) is 13.8 Å². The van der Waals surface area contributed by atoms with Gasteiger partial charge in [-0.15, -0.1) is 0 Å². The van der Waals surface area contributed by atoms with E-state index < -0.39 is 6.29 Å². The summed E-state index contributed by atoms with van der Waals surface area (Å²) in [6.07, 6.45) is 2.92. The molecule has 6 heteroatoms. The number of nitrogens with zero attached hydrogens (tertiary/aromatic N) is 2. The Morgan fingerprint density at radius 3 is 2.44 bits per heavy atom. The van der Waals surface area contributed by atoms with E-state index in [9.17, 15) is 5.21 Å². The van der Waals surface area contributed by atoms with Crippen molar-refractivity contribution in [2.24, 2.45) is 11.5 Å². The molecule has 0 spiro atoms. The minimum absolute atomic E-state index is 0.151. The highest BCUT2D eigenvalue weighted by atomic mass is 16.5. The lowest BCUT2D eigenvalue weighted by Gasteiger charge is -2.33. The Bertz CT molecular complexity index is 294. The van der Waals surface area contributed by atoms with Crippen LogP contribution in [0, 0.1) is 5.21 Å².